The highest BCUT2D eigenvalue weighted by Gasteiger charge is 2.14. The van der Waals surface area contributed by atoms with Crippen molar-refractivity contribution in [2.24, 2.45) is 5.73 Å². The Morgan fingerprint density at radius 1 is 0.585 bits per heavy atom. The van der Waals surface area contributed by atoms with Gasteiger partial charge in [-0.15, -0.1) is 0 Å². The molecule has 0 saturated carbocycles. The number of benzene rings is 5. The summed E-state index contributed by atoms with van der Waals surface area (Å²) in [7, 11) is 1.50. The fraction of sp³-hybridized carbons (Fsp3) is 0.0526. The third kappa shape index (κ3) is 5.76. The van der Waals surface area contributed by atoms with Crippen molar-refractivity contribution in [1.82, 2.24) is 0 Å². The summed E-state index contributed by atoms with van der Waals surface area (Å²) < 4.78 is 0. The number of allylic oxidation sites excluding steroid dienone is 4. The maximum Gasteiger partial charge on any atom is 0.0533 e. The first kappa shape index (κ1) is 27.4. The molecule has 6 rings (SSSR count). The first-order valence-corrected chi connectivity index (χ1v) is 13.7. The second-order valence-electron chi connectivity index (χ2n) is 9.84. The second kappa shape index (κ2) is 12.4. The standard InChI is InChI=1S/C37H30N2.CH5N/c1-26-10-8-9-23-39(37-14-7-6-13-34(26)37)33-21-19-30(20-22-33)29-15-17-31(18-16-29)35-24-32(25-36(38)27(35)2)28-11-4-3-5-12-28;1-2/h3-25H,1,38H2,2H3;2H2,1H3/b10-8-,23-9-;. The van der Waals surface area contributed by atoms with Crippen LogP contribution in [0.3, 0.4) is 0 Å². The molecule has 3 nitrogen and oxygen atoms in total. The zero-order chi connectivity index (χ0) is 28.8. The molecule has 0 amide bonds. The van der Waals surface area contributed by atoms with E-state index in [0.717, 1.165) is 50.5 Å². The number of nitrogen functional groups attached to an aromatic ring is 1. The maximum absolute atomic E-state index is 6.43. The molecule has 202 valence electrons. The Morgan fingerprint density at radius 2 is 1.17 bits per heavy atom. The predicted molar refractivity (Wildman–Crippen MR) is 178 cm³/mol. The average molecular weight is 534 g/mol. The van der Waals surface area contributed by atoms with Crippen LogP contribution in [-0.4, -0.2) is 7.05 Å². The number of anilines is 3. The molecule has 1 heterocycles. The smallest absolute Gasteiger partial charge is 0.0533 e. The number of hydrogen-bond donors (Lipinski definition) is 2. The van der Waals surface area contributed by atoms with Gasteiger partial charge in [0, 0.05) is 23.1 Å². The highest BCUT2D eigenvalue weighted by atomic mass is 15.1. The van der Waals surface area contributed by atoms with Gasteiger partial charge >= 0.3 is 0 Å². The maximum atomic E-state index is 6.43. The van der Waals surface area contributed by atoms with Crippen molar-refractivity contribution in [2.75, 3.05) is 17.7 Å². The van der Waals surface area contributed by atoms with Crippen molar-refractivity contribution in [2.45, 2.75) is 6.92 Å². The number of nitrogens with two attached hydrogens (primary N) is 2. The lowest BCUT2D eigenvalue weighted by atomic mass is 9.93. The van der Waals surface area contributed by atoms with Crippen LogP contribution in [0.4, 0.5) is 17.1 Å². The Balaban J connectivity index is 0.00000165. The fourth-order valence-electron chi connectivity index (χ4n) is 5.15. The van der Waals surface area contributed by atoms with E-state index < -0.39 is 0 Å². The zero-order valence-electron chi connectivity index (χ0n) is 23.6. The van der Waals surface area contributed by atoms with Gasteiger partial charge < -0.3 is 16.4 Å². The minimum atomic E-state index is 0.810. The van der Waals surface area contributed by atoms with Gasteiger partial charge in [0.05, 0.1) is 5.69 Å². The quantitative estimate of drug-likeness (QED) is 0.226. The monoisotopic (exact) mass is 533 g/mol. The summed E-state index contributed by atoms with van der Waals surface area (Å²) in [5.41, 5.74) is 24.2. The Kier molecular flexibility index (Phi) is 8.28. The summed E-state index contributed by atoms with van der Waals surface area (Å²) in [5.74, 6) is 0. The van der Waals surface area contributed by atoms with E-state index in [-0.39, 0.29) is 0 Å². The van der Waals surface area contributed by atoms with E-state index in [9.17, 15) is 0 Å². The van der Waals surface area contributed by atoms with Gasteiger partial charge in [-0.25, -0.2) is 0 Å². The van der Waals surface area contributed by atoms with E-state index in [2.05, 4.69) is 146 Å². The molecule has 5 aromatic carbocycles. The molecule has 0 unspecified atom stereocenters. The van der Waals surface area contributed by atoms with E-state index in [1.165, 1.54) is 23.7 Å². The fourth-order valence-corrected chi connectivity index (χ4v) is 5.15. The molecule has 41 heavy (non-hydrogen) atoms. The lowest BCUT2D eigenvalue weighted by Gasteiger charge is -2.25. The number of hydrogen-bond acceptors (Lipinski definition) is 3. The minimum Gasteiger partial charge on any atom is -0.398 e. The number of para-hydroxylation sites is 1. The van der Waals surface area contributed by atoms with Crippen LogP contribution in [0.5, 0.6) is 0 Å². The highest BCUT2D eigenvalue weighted by molar-refractivity contribution is 5.86. The van der Waals surface area contributed by atoms with Crippen molar-refractivity contribution < 1.29 is 0 Å². The van der Waals surface area contributed by atoms with E-state index in [4.69, 9.17) is 5.73 Å². The van der Waals surface area contributed by atoms with E-state index in [1.54, 1.807) is 0 Å². The molecular formula is C38H35N3. The molecule has 3 heteroatoms. The van der Waals surface area contributed by atoms with Gasteiger partial charge in [-0.3, -0.25) is 0 Å². The third-order valence-corrected chi connectivity index (χ3v) is 7.38. The van der Waals surface area contributed by atoms with Crippen LogP contribution >= 0.6 is 0 Å². The largest absolute Gasteiger partial charge is 0.398 e. The molecule has 0 saturated heterocycles. The van der Waals surface area contributed by atoms with Crippen molar-refractivity contribution >= 4 is 22.6 Å². The molecule has 0 aromatic heterocycles. The summed E-state index contributed by atoms with van der Waals surface area (Å²) in [6.45, 7) is 6.34. The van der Waals surface area contributed by atoms with Crippen molar-refractivity contribution in [3.63, 3.8) is 0 Å². The van der Waals surface area contributed by atoms with Gasteiger partial charge in [0.25, 0.3) is 0 Å². The van der Waals surface area contributed by atoms with Crippen molar-refractivity contribution in [3.05, 3.63) is 157 Å². The van der Waals surface area contributed by atoms with E-state index >= 15 is 0 Å². The molecule has 0 aliphatic carbocycles. The van der Waals surface area contributed by atoms with Gasteiger partial charge in [0.15, 0.2) is 0 Å². The van der Waals surface area contributed by atoms with Gasteiger partial charge in [-0.2, -0.15) is 0 Å². The van der Waals surface area contributed by atoms with Crippen LogP contribution in [0.25, 0.3) is 39.0 Å². The summed E-state index contributed by atoms with van der Waals surface area (Å²) in [6.07, 6.45) is 8.23. The Labute approximate surface area is 243 Å². The molecule has 0 spiro atoms. The molecule has 0 atom stereocenters. The number of rotatable bonds is 4. The van der Waals surface area contributed by atoms with Crippen LogP contribution in [0.15, 0.2) is 146 Å². The molecule has 4 N–H and O–H groups in total. The van der Waals surface area contributed by atoms with E-state index in [0.29, 0.717) is 0 Å². The zero-order valence-corrected chi connectivity index (χ0v) is 23.6. The van der Waals surface area contributed by atoms with Crippen LogP contribution in [-0.2, 0) is 0 Å². The summed E-state index contributed by atoms with van der Waals surface area (Å²) >= 11 is 0. The number of nitrogens with zero attached hydrogens (tertiary/aromatic N) is 1. The van der Waals surface area contributed by atoms with Gasteiger partial charge in [0.1, 0.15) is 0 Å². The van der Waals surface area contributed by atoms with Crippen molar-refractivity contribution in [1.29, 1.82) is 0 Å². The summed E-state index contributed by atoms with van der Waals surface area (Å²) in [6, 6.07) is 40.6. The minimum absolute atomic E-state index is 0.810. The van der Waals surface area contributed by atoms with Crippen LogP contribution in [0, 0.1) is 6.92 Å². The number of fused-ring (bicyclic) bond motifs is 1. The third-order valence-electron chi connectivity index (χ3n) is 7.38. The molecule has 5 aromatic rings. The highest BCUT2D eigenvalue weighted by Crippen LogP contribution is 2.37. The van der Waals surface area contributed by atoms with Crippen LogP contribution in [0.1, 0.15) is 11.1 Å². The molecule has 0 radical (unpaired) electrons. The summed E-state index contributed by atoms with van der Waals surface area (Å²) in [4.78, 5) is 2.21. The lowest BCUT2D eigenvalue weighted by Crippen LogP contribution is -2.11. The predicted octanol–water partition coefficient (Wildman–Crippen LogP) is 9.39. The molecule has 1 aliphatic rings. The van der Waals surface area contributed by atoms with Gasteiger partial charge in [-0.05, 0) is 94.9 Å². The SMILES string of the molecule is C=C1/C=C\C=C/N(c2ccc(-c3ccc(-c4cc(-c5ccccc5)cc(N)c4C)cc3)cc2)c2ccccc21.CN. The second-order valence-corrected chi connectivity index (χ2v) is 9.84. The van der Waals surface area contributed by atoms with Crippen LogP contribution < -0.4 is 16.4 Å². The van der Waals surface area contributed by atoms with Crippen LogP contribution in [0.2, 0.25) is 0 Å². The lowest BCUT2D eigenvalue weighted by molar-refractivity contribution is 1.27. The normalized spacial score (nSPS) is 13.7. The molecule has 0 bridgehead atoms. The van der Waals surface area contributed by atoms with Crippen molar-refractivity contribution in [3.8, 4) is 33.4 Å². The molecule has 1 aliphatic heterocycles. The summed E-state index contributed by atoms with van der Waals surface area (Å²) in [5, 5.41) is 0. The Bertz CT molecular complexity index is 1710. The van der Waals surface area contributed by atoms with Gasteiger partial charge in [-0.1, -0.05) is 104 Å². The topological polar surface area (TPSA) is 55.3 Å². The molecule has 0 fully saturated rings. The Hall–Kier alpha value is -5.12. The average Bonchev–Trinajstić information content (AvgIpc) is 3.03. The first-order chi connectivity index (χ1) is 20.1. The van der Waals surface area contributed by atoms with Gasteiger partial charge in [0.2, 0.25) is 0 Å². The Morgan fingerprint density at radius 3 is 1.88 bits per heavy atom. The van der Waals surface area contributed by atoms with E-state index in [1.807, 2.05) is 18.2 Å². The first-order valence-electron chi connectivity index (χ1n) is 13.7. The molecular weight excluding hydrogens is 498 g/mol.